The minimum Gasteiger partial charge on any atom is -0.489 e. The second kappa shape index (κ2) is 11.5. The number of nitrogens with zero attached hydrogens (tertiary/aromatic N) is 2. The van der Waals surface area contributed by atoms with E-state index in [1.807, 2.05) is 54.6 Å². The maximum absolute atomic E-state index is 13.3. The fraction of sp³-hybridized carbons (Fsp3) is 0.357. The van der Waals surface area contributed by atoms with Crippen molar-refractivity contribution in [1.82, 2.24) is 4.31 Å². The van der Waals surface area contributed by atoms with E-state index in [4.69, 9.17) is 9.47 Å². The smallest absolute Gasteiger partial charge is 0.243 e. The zero-order chi connectivity index (χ0) is 25.7. The van der Waals surface area contributed by atoms with Crippen molar-refractivity contribution in [1.29, 1.82) is 0 Å². The van der Waals surface area contributed by atoms with Crippen LogP contribution in [0.1, 0.15) is 30.2 Å². The monoisotopic (exact) mass is 523 g/mol. The third-order valence-electron chi connectivity index (χ3n) is 6.74. The number of morpholine rings is 1. The summed E-state index contributed by atoms with van der Waals surface area (Å²) in [5, 5.41) is 14.3. The third kappa shape index (κ3) is 6.07. The number of anilines is 2. The molecule has 0 aromatic heterocycles. The molecule has 2 fully saturated rings. The standard InChI is InChI=1S/C28H33N3O5S/c32-28(23-9-6-10-24(19-23)36-21-22-7-2-1-3-8-22)29-26-20-25(11-12-27(26)30-13-4-5-14-30)37(33,34)31-15-17-35-18-16-31/h1-3,6-12,19-20,28-29,32H,4-5,13-18,21H2/t28-/m1/s1. The number of nitrogens with one attached hydrogen (secondary N) is 1. The first kappa shape index (κ1) is 25.5. The van der Waals surface area contributed by atoms with E-state index in [2.05, 4.69) is 10.2 Å². The predicted molar refractivity (Wildman–Crippen MR) is 143 cm³/mol. The van der Waals surface area contributed by atoms with Gasteiger partial charge in [-0.05, 0) is 48.7 Å². The summed E-state index contributed by atoms with van der Waals surface area (Å²) in [7, 11) is -3.67. The molecule has 2 saturated heterocycles. The summed E-state index contributed by atoms with van der Waals surface area (Å²) in [6.07, 6.45) is 1.11. The van der Waals surface area contributed by atoms with Crippen LogP contribution in [0.15, 0.2) is 77.7 Å². The van der Waals surface area contributed by atoms with Crippen molar-refractivity contribution in [2.45, 2.75) is 30.6 Å². The fourth-order valence-electron chi connectivity index (χ4n) is 4.71. The van der Waals surface area contributed by atoms with Crippen molar-refractivity contribution in [3.05, 3.63) is 83.9 Å². The SMILES string of the molecule is O=S(=O)(c1ccc(N2CCCC2)c(N[C@H](O)c2cccc(OCc3ccccc3)c2)c1)N1CCOCC1. The van der Waals surface area contributed by atoms with Gasteiger partial charge in [0.2, 0.25) is 10.0 Å². The van der Waals surface area contributed by atoms with Crippen molar-refractivity contribution in [2.75, 3.05) is 49.6 Å². The van der Waals surface area contributed by atoms with Crippen LogP contribution >= 0.6 is 0 Å². The summed E-state index contributed by atoms with van der Waals surface area (Å²) in [5.41, 5.74) is 3.15. The van der Waals surface area contributed by atoms with Gasteiger partial charge in [0.05, 0.1) is 29.5 Å². The Morgan fingerprint density at radius 3 is 2.43 bits per heavy atom. The Bertz CT molecular complexity index is 1290. The highest BCUT2D eigenvalue weighted by Crippen LogP contribution is 2.34. The summed E-state index contributed by atoms with van der Waals surface area (Å²) in [4.78, 5) is 2.42. The van der Waals surface area contributed by atoms with Gasteiger partial charge in [-0.2, -0.15) is 4.31 Å². The Morgan fingerprint density at radius 2 is 1.68 bits per heavy atom. The van der Waals surface area contributed by atoms with Gasteiger partial charge in [-0.3, -0.25) is 0 Å². The quantitative estimate of drug-likeness (QED) is 0.410. The molecule has 0 radical (unpaired) electrons. The molecule has 196 valence electrons. The highest BCUT2D eigenvalue weighted by atomic mass is 32.2. The van der Waals surface area contributed by atoms with Gasteiger partial charge in [0.25, 0.3) is 0 Å². The van der Waals surface area contributed by atoms with Gasteiger partial charge < -0.3 is 24.8 Å². The van der Waals surface area contributed by atoms with Crippen LogP contribution in [-0.4, -0.2) is 57.2 Å². The minimum atomic E-state index is -3.67. The molecule has 0 bridgehead atoms. The number of hydrogen-bond acceptors (Lipinski definition) is 7. The molecule has 0 unspecified atom stereocenters. The average Bonchev–Trinajstić information content (AvgIpc) is 3.48. The maximum Gasteiger partial charge on any atom is 0.243 e. The van der Waals surface area contributed by atoms with Crippen molar-refractivity contribution in [2.24, 2.45) is 0 Å². The third-order valence-corrected chi connectivity index (χ3v) is 8.63. The lowest BCUT2D eigenvalue weighted by Crippen LogP contribution is -2.40. The van der Waals surface area contributed by atoms with E-state index in [0.29, 0.717) is 49.9 Å². The van der Waals surface area contributed by atoms with Crippen LogP contribution in [0, 0.1) is 0 Å². The fourth-order valence-corrected chi connectivity index (χ4v) is 6.14. The van der Waals surface area contributed by atoms with Gasteiger partial charge in [-0.25, -0.2) is 8.42 Å². The van der Waals surface area contributed by atoms with Crippen LogP contribution in [0.4, 0.5) is 11.4 Å². The predicted octanol–water partition coefficient (Wildman–Crippen LogP) is 3.99. The van der Waals surface area contributed by atoms with Crippen LogP contribution < -0.4 is 15.0 Å². The van der Waals surface area contributed by atoms with E-state index in [9.17, 15) is 13.5 Å². The molecule has 0 saturated carbocycles. The molecule has 0 amide bonds. The Labute approximate surface area is 218 Å². The lowest BCUT2D eigenvalue weighted by molar-refractivity contribution is 0.0730. The maximum atomic E-state index is 13.3. The van der Waals surface area contributed by atoms with Gasteiger partial charge in [0.15, 0.2) is 6.23 Å². The van der Waals surface area contributed by atoms with E-state index in [0.717, 1.165) is 37.2 Å². The van der Waals surface area contributed by atoms with E-state index in [1.165, 1.54) is 4.31 Å². The van der Waals surface area contributed by atoms with Gasteiger partial charge >= 0.3 is 0 Å². The van der Waals surface area contributed by atoms with Crippen molar-refractivity contribution in [3.8, 4) is 5.75 Å². The second-order valence-electron chi connectivity index (χ2n) is 9.28. The Balaban J connectivity index is 1.38. The molecule has 0 aliphatic carbocycles. The lowest BCUT2D eigenvalue weighted by atomic mass is 10.1. The van der Waals surface area contributed by atoms with E-state index >= 15 is 0 Å². The minimum absolute atomic E-state index is 0.201. The summed E-state index contributed by atoms with van der Waals surface area (Å²) in [6, 6.07) is 22.3. The Hall–Kier alpha value is -3.11. The van der Waals surface area contributed by atoms with Crippen LogP contribution in [-0.2, 0) is 21.4 Å². The number of ether oxygens (including phenoxy) is 2. The molecule has 3 aromatic carbocycles. The molecule has 8 nitrogen and oxygen atoms in total. The molecule has 0 spiro atoms. The molecule has 2 heterocycles. The second-order valence-corrected chi connectivity index (χ2v) is 11.2. The molecular formula is C28H33N3O5S. The van der Waals surface area contributed by atoms with Crippen LogP contribution in [0.5, 0.6) is 5.75 Å². The van der Waals surface area contributed by atoms with Crippen molar-refractivity contribution < 1.29 is 23.0 Å². The number of rotatable bonds is 9. The molecular weight excluding hydrogens is 490 g/mol. The number of sulfonamides is 1. The van der Waals surface area contributed by atoms with E-state index in [1.54, 1.807) is 18.2 Å². The molecule has 3 aromatic rings. The molecule has 5 rings (SSSR count). The summed E-state index contributed by atoms with van der Waals surface area (Å²) >= 11 is 0. The van der Waals surface area contributed by atoms with Gasteiger partial charge in [0.1, 0.15) is 12.4 Å². The molecule has 1 atom stereocenters. The van der Waals surface area contributed by atoms with Crippen molar-refractivity contribution in [3.63, 3.8) is 0 Å². The number of hydrogen-bond donors (Lipinski definition) is 2. The topological polar surface area (TPSA) is 91.3 Å². The first-order valence-electron chi connectivity index (χ1n) is 12.7. The van der Waals surface area contributed by atoms with E-state index in [-0.39, 0.29) is 4.90 Å². The van der Waals surface area contributed by atoms with Gasteiger partial charge in [-0.1, -0.05) is 42.5 Å². The zero-order valence-corrected chi connectivity index (χ0v) is 21.6. The van der Waals surface area contributed by atoms with Crippen LogP contribution in [0.25, 0.3) is 0 Å². The summed E-state index contributed by atoms with van der Waals surface area (Å²) in [5.74, 6) is 0.644. The van der Waals surface area contributed by atoms with Crippen molar-refractivity contribution >= 4 is 21.4 Å². The molecule has 2 N–H and O–H groups in total. The highest BCUT2D eigenvalue weighted by Gasteiger charge is 2.28. The Kier molecular flexibility index (Phi) is 7.95. The molecule has 2 aliphatic rings. The van der Waals surface area contributed by atoms with Gasteiger partial charge in [-0.15, -0.1) is 0 Å². The molecule has 2 aliphatic heterocycles. The number of aliphatic hydroxyl groups excluding tert-OH is 1. The number of benzene rings is 3. The highest BCUT2D eigenvalue weighted by molar-refractivity contribution is 7.89. The molecule has 37 heavy (non-hydrogen) atoms. The average molecular weight is 524 g/mol. The summed E-state index contributed by atoms with van der Waals surface area (Å²) in [6.45, 7) is 3.64. The lowest BCUT2D eigenvalue weighted by Gasteiger charge is -2.28. The normalized spacial score (nSPS) is 17.5. The van der Waals surface area contributed by atoms with Crippen LogP contribution in [0.2, 0.25) is 0 Å². The Morgan fingerprint density at radius 1 is 0.919 bits per heavy atom. The van der Waals surface area contributed by atoms with E-state index < -0.39 is 16.3 Å². The van der Waals surface area contributed by atoms with Crippen LogP contribution in [0.3, 0.4) is 0 Å². The first-order valence-corrected chi connectivity index (χ1v) is 14.1. The van der Waals surface area contributed by atoms with Gasteiger partial charge in [0, 0.05) is 31.7 Å². The zero-order valence-electron chi connectivity index (χ0n) is 20.8. The largest absolute Gasteiger partial charge is 0.489 e. The summed E-state index contributed by atoms with van der Waals surface area (Å²) < 4.78 is 39.3. The number of aliphatic hydroxyl groups is 1. The first-order chi connectivity index (χ1) is 18.0. The molecule has 9 heteroatoms.